The molecule has 1 saturated carbocycles. The maximum Gasteiger partial charge on any atom is 0.0948 e. The molecule has 0 spiro atoms. The molecule has 2 aromatic rings. The van der Waals surface area contributed by atoms with Gasteiger partial charge < -0.3 is 15.2 Å². The van der Waals surface area contributed by atoms with Crippen molar-refractivity contribution in [1.82, 2.24) is 14.5 Å². The number of nitrogens with two attached hydrogens (primary N) is 1. The number of likely N-dealkylation sites (tertiary alicyclic amines) is 1. The molecule has 0 bridgehead atoms. The summed E-state index contributed by atoms with van der Waals surface area (Å²) < 4.78 is 2.27. The summed E-state index contributed by atoms with van der Waals surface area (Å²) >= 11 is 6.23. The standard InChI is InChI=1S/C21H29ClN4/c22-18-3-1-2-17(14-18)21(15-23)8-4-19(5-9-21)25-11-6-20(7-12-25)26-13-10-24-16-26/h1-3,10,13-14,16,19-20H,4-9,11-12,15,23H2. The molecule has 1 aliphatic carbocycles. The highest BCUT2D eigenvalue weighted by Crippen LogP contribution is 2.41. The molecule has 2 heterocycles. The Labute approximate surface area is 161 Å². The minimum absolute atomic E-state index is 0.108. The Kier molecular flexibility index (Phi) is 5.35. The smallest absolute Gasteiger partial charge is 0.0948 e. The van der Waals surface area contributed by atoms with Gasteiger partial charge in [-0.05, 0) is 56.2 Å². The van der Waals surface area contributed by atoms with E-state index in [0.29, 0.717) is 18.6 Å². The molecule has 0 radical (unpaired) electrons. The molecule has 5 heteroatoms. The van der Waals surface area contributed by atoms with Gasteiger partial charge in [0.25, 0.3) is 0 Å². The van der Waals surface area contributed by atoms with E-state index in [1.54, 1.807) is 0 Å². The fourth-order valence-electron chi connectivity index (χ4n) is 4.98. The molecule has 1 aliphatic heterocycles. The van der Waals surface area contributed by atoms with Crippen LogP contribution in [0, 0.1) is 0 Å². The largest absolute Gasteiger partial charge is 0.334 e. The Bertz CT molecular complexity index is 699. The van der Waals surface area contributed by atoms with Crippen molar-refractivity contribution < 1.29 is 0 Å². The first-order valence-electron chi connectivity index (χ1n) is 9.88. The number of imidazole rings is 1. The Hall–Kier alpha value is -1.36. The third kappa shape index (κ3) is 3.55. The van der Waals surface area contributed by atoms with E-state index < -0.39 is 0 Å². The first-order chi connectivity index (χ1) is 12.7. The lowest BCUT2D eigenvalue weighted by Crippen LogP contribution is -2.47. The van der Waals surface area contributed by atoms with E-state index in [2.05, 4.69) is 38.8 Å². The predicted octanol–water partition coefficient (Wildman–Crippen LogP) is 4.01. The summed E-state index contributed by atoms with van der Waals surface area (Å²) in [4.78, 5) is 6.91. The van der Waals surface area contributed by atoms with Gasteiger partial charge in [0, 0.05) is 54.5 Å². The second-order valence-electron chi connectivity index (χ2n) is 8.00. The summed E-state index contributed by atoms with van der Waals surface area (Å²) in [5.74, 6) is 0. The van der Waals surface area contributed by atoms with Crippen LogP contribution in [0.4, 0.5) is 0 Å². The summed E-state index contributed by atoms with van der Waals surface area (Å²) in [5.41, 5.74) is 7.68. The van der Waals surface area contributed by atoms with Crippen molar-refractivity contribution >= 4 is 11.6 Å². The zero-order valence-electron chi connectivity index (χ0n) is 15.4. The average Bonchev–Trinajstić information content (AvgIpc) is 3.23. The zero-order valence-corrected chi connectivity index (χ0v) is 16.1. The van der Waals surface area contributed by atoms with Crippen LogP contribution in [0.2, 0.25) is 5.02 Å². The van der Waals surface area contributed by atoms with Gasteiger partial charge in [0.2, 0.25) is 0 Å². The Morgan fingerprint density at radius 1 is 1.12 bits per heavy atom. The van der Waals surface area contributed by atoms with Crippen molar-refractivity contribution in [3.05, 3.63) is 53.6 Å². The fraction of sp³-hybridized carbons (Fsp3) is 0.571. The van der Waals surface area contributed by atoms with Crippen LogP contribution >= 0.6 is 11.6 Å². The maximum atomic E-state index is 6.25. The minimum atomic E-state index is 0.108. The number of benzene rings is 1. The molecule has 0 atom stereocenters. The highest BCUT2D eigenvalue weighted by atomic mass is 35.5. The van der Waals surface area contributed by atoms with Crippen molar-refractivity contribution in [2.75, 3.05) is 19.6 Å². The number of piperidine rings is 1. The van der Waals surface area contributed by atoms with E-state index >= 15 is 0 Å². The van der Waals surface area contributed by atoms with Gasteiger partial charge in [-0.25, -0.2) is 4.98 Å². The van der Waals surface area contributed by atoms with Crippen molar-refractivity contribution in [3.8, 4) is 0 Å². The normalized spacial score (nSPS) is 28.3. The van der Waals surface area contributed by atoms with Crippen LogP contribution in [0.1, 0.15) is 50.1 Å². The Balaban J connectivity index is 1.36. The third-order valence-electron chi connectivity index (χ3n) is 6.70. The second kappa shape index (κ2) is 7.71. The van der Waals surface area contributed by atoms with Crippen LogP contribution in [-0.4, -0.2) is 40.1 Å². The van der Waals surface area contributed by atoms with Gasteiger partial charge >= 0.3 is 0 Å². The number of hydrogen-bond donors (Lipinski definition) is 1. The molecular formula is C21H29ClN4. The number of hydrogen-bond acceptors (Lipinski definition) is 3. The summed E-state index contributed by atoms with van der Waals surface area (Å²) in [7, 11) is 0. The number of halogens is 1. The lowest BCUT2D eigenvalue weighted by Gasteiger charge is -2.45. The number of rotatable bonds is 4. The summed E-state index contributed by atoms with van der Waals surface area (Å²) in [6.45, 7) is 3.10. The van der Waals surface area contributed by atoms with E-state index in [1.165, 1.54) is 44.3 Å². The number of nitrogens with zero attached hydrogens (tertiary/aromatic N) is 3. The van der Waals surface area contributed by atoms with Crippen LogP contribution in [0.15, 0.2) is 43.0 Å². The van der Waals surface area contributed by atoms with Crippen LogP contribution in [0.25, 0.3) is 0 Å². The van der Waals surface area contributed by atoms with Crippen LogP contribution in [0.5, 0.6) is 0 Å². The second-order valence-corrected chi connectivity index (χ2v) is 8.44. The highest BCUT2D eigenvalue weighted by molar-refractivity contribution is 6.30. The third-order valence-corrected chi connectivity index (χ3v) is 6.94. The highest BCUT2D eigenvalue weighted by Gasteiger charge is 2.38. The molecule has 1 aromatic carbocycles. The van der Waals surface area contributed by atoms with Crippen LogP contribution in [-0.2, 0) is 5.41 Å². The first-order valence-corrected chi connectivity index (χ1v) is 10.3. The lowest BCUT2D eigenvalue weighted by atomic mass is 9.68. The van der Waals surface area contributed by atoms with Crippen LogP contribution in [0.3, 0.4) is 0 Å². The molecule has 26 heavy (non-hydrogen) atoms. The van der Waals surface area contributed by atoms with E-state index in [-0.39, 0.29) is 5.41 Å². The first kappa shape index (κ1) is 18.0. The van der Waals surface area contributed by atoms with Gasteiger partial charge in [0.15, 0.2) is 0 Å². The lowest BCUT2D eigenvalue weighted by molar-refractivity contribution is 0.0893. The molecule has 140 valence electrons. The van der Waals surface area contributed by atoms with Gasteiger partial charge in [-0.15, -0.1) is 0 Å². The minimum Gasteiger partial charge on any atom is -0.334 e. The van der Waals surface area contributed by atoms with Gasteiger partial charge in [-0.3, -0.25) is 0 Å². The van der Waals surface area contributed by atoms with E-state index in [9.17, 15) is 0 Å². The molecule has 4 rings (SSSR count). The van der Waals surface area contributed by atoms with Gasteiger partial charge in [0.05, 0.1) is 6.33 Å². The van der Waals surface area contributed by atoms with E-state index in [0.717, 1.165) is 17.9 Å². The van der Waals surface area contributed by atoms with E-state index in [4.69, 9.17) is 17.3 Å². The molecule has 2 fully saturated rings. The quantitative estimate of drug-likeness (QED) is 0.881. The predicted molar refractivity (Wildman–Crippen MR) is 107 cm³/mol. The Morgan fingerprint density at radius 2 is 1.88 bits per heavy atom. The summed E-state index contributed by atoms with van der Waals surface area (Å²) in [6, 6.07) is 9.65. The van der Waals surface area contributed by atoms with E-state index in [1.807, 2.05) is 18.6 Å². The Morgan fingerprint density at radius 3 is 2.50 bits per heavy atom. The molecule has 4 nitrogen and oxygen atoms in total. The van der Waals surface area contributed by atoms with Crippen molar-refractivity contribution in [2.45, 2.75) is 56.0 Å². The van der Waals surface area contributed by atoms with Crippen molar-refractivity contribution in [2.24, 2.45) is 5.73 Å². The molecule has 1 aromatic heterocycles. The molecule has 2 aliphatic rings. The summed E-state index contributed by atoms with van der Waals surface area (Å²) in [6.07, 6.45) is 13.2. The average molecular weight is 373 g/mol. The van der Waals surface area contributed by atoms with Gasteiger partial charge in [0.1, 0.15) is 0 Å². The molecule has 0 amide bonds. The topological polar surface area (TPSA) is 47.1 Å². The fourth-order valence-corrected chi connectivity index (χ4v) is 5.17. The molecule has 1 saturated heterocycles. The summed E-state index contributed by atoms with van der Waals surface area (Å²) in [5, 5.41) is 0.819. The monoisotopic (exact) mass is 372 g/mol. The van der Waals surface area contributed by atoms with Crippen molar-refractivity contribution in [1.29, 1.82) is 0 Å². The zero-order chi connectivity index (χ0) is 18.0. The SMILES string of the molecule is NCC1(c2cccc(Cl)c2)CCC(N2CCC(n3ccnc3)CC2)CC1. The molecule has 2 N–H and O–H groups in total. The van der Waals surface area contributed by atoms with Gasteiger partial charge in [-0.2, -0.15) is 0 Å². The number of aromatic nitrogens is 2. The molecule has 0 unspecified atom stereocenters. The maximum absolute atomic E-state index is 6.25. The van der Waals surface area contributed by atoms with Crippen LogP contribution < -0.4 is 5.73 Å². The molecular weight excluding hydrogens is 344 g/mol. The van der Waals surface area contributed by atoms with Gasteiger partial charge in [-0.1, -0.05) is 23.7 Å². The van der Waals surface area contributed by atoms with Crippen molar-refractivity contribution in [3.63, 3.8) is 0 Å².